The van der Waals surface area contributed by atoms with Crippen molar-refractivity contribution in [1.29, 1.82) is 0 Å². The van der Waals surface area contributed by atoms with E-state index in [-0.39, 0.29) is 54.5 Å². The maximum absolute atomic E-state index is 14.6. The van der Waals surface area contributed by atoms with E-state index in [0.29, 0.717) is 70.2 Å². The molecule has 16 heteroatoms. The van der Waals surface area contributed by atoms with E-state index in [0.717, 1.165) is 24.6 Å². The number of amides is 1. The Morgan fingerprint density at radius 3 is 2.25 bits per heavy atom. The predicted molar refractivity (Wildman–Crippen MR) is 276 cm³/mol. The summed E-state index contributed by atoms with van der Waals surface area (Å²) in [5.74, 6) is -8.29. The fourth-order valence-electron chi connectivity index (χ4n) is 11.7. The summed E-state index contributed by atoms with van der Waals surface area (Å²) in [5.41, 5.74) is 1.29. The number of fused-ring (bicyclic) bond motifs is 3. The molecule has 1 aliphatic carbocycles. The minimum Gasteiger partial charge on any atom is -0.460 e. The summed E-state index contributed by atoms with van der Waals surface area (Å²) in [6, 6.07) is -1.12. The fraction of sp³-hybridized carbons (Fsp3) is 0.768. The summed E-state index contributed by atoms with van der Waals surface area (Å²) < 4.78 is 42.3. The number of carbonyl (C=O) groups excluding carboxylic acids is 5. The number of hydrogen-bond acceptors (Lipinski definition) is 14. The van der Waals surface area contributed by atoms with Crippen LogP contribution in [0.25, 0.3) is 0 Å². The Hall–Kier alpha value is -3.19. The van der Waals surface area contributed by atoms with Crippen LogP contribution in [0.1, 0.15) is 112 Å². The van der Waals surface area contributed by atoms with Gasteiger partial charge in [-0.05, 0) is 101 Å². The first-order chi connectivity index (χ1) is 34.0. The van der Waals surface area contributed by atoms with Gasteiger partial charge in [-0.1, -0.05) is 83.8 Å². The zero-order chi connectivity index (χ0) is 53.1. The Morgan fingerprint density at radius 2 is 1.57 bits per heavy atom. The lowest BCUT2D eigenvalue weighted by Gasteiger charge is -2.50. The maximum atomic E-state index is 14.6. The summed E-state index contributed by atoms with van der Waals surface area (Å²) >= 11 is 0. The molecule has 0 aromatic heterocycles. The summed E-state index contributed by atoms with van der Waals surface area (Å²) in [5, 5.41) is 23.7. The minimum absolute atomic E-state index is 0.0224. The number of ether oxygens (including phenoxy) is 7. The van der Waals surface area contributed by atoms with E-state index >= 15 is 0 Å². The quantitative estimate of drug-likeness (QED) is 0.0688. The van der Waals surface area contributed by atoms with Crippen LogP contribution in [-0.2, 0) is 57.1 Å². The Kier molecular flexibility index (Phi) is 22.4. The molecular weight excluding hydrogens is 939 g/mol. The molecule has 72 heavy (non-hydrogen) atoms. The normalized spacial score (nSPS) is 39.9. The zero-order valence-corrected chi connectivity index (χ0v) is 46.5. The average Bonchev–Trinajstić information content (AvgIpc) is 3.33. The van der Waals surface area contributed by atoms with Crippen LogP contribution in [0.3, 0.4) is 0 Å². The van der Waals surface area contributed by atoms with Crippen LogP contribution >= 0.6 is 0 Å². The standard InChI is InChI=1S/C56H89NO14Si/c1-34-17-14-13-15-18-35(2)46(65-7)31-41-22-20-39(6)56(64,71-41)53(61)54(62)57-24-16-19-42-43(29-40-21-23-45(48(30-40)66-8)69-26-25-68-33-72(10,11)12)47(70-55(63)49(42)57)32-44(58)36(3)28-38(5)51(60)52(67-9)50(59)37(4)27-34/h13-15,17-18,28,34,36-37,39-43,45-49,51-52,60,64H,16,19-27,29-33H2,1-12H3/b15-13+,17-14+,35-18+,38-28+/t34-,36-,37-,39-,40+,41+,42?,43+,45-,46+,47+,48-,49+,51-,52+,56-/m1/s1. The number of carbonyl (C=O) groups is 5. The number of Topliss-reactive ketones (excluding diaryl/α,β-unsaturated/α-hetero) is 3. The molecule has 4 aliphatic heterocycles. The Morgan fingerprint density at radius 1 is 0.833 bits per heavy atom. The van der Waals surface area contributed by atoms with Crippen LogP contribution in [0.5, 0.6) is 0 Å². The molecule has 5 aliphatic rings. The van der Waals surface area contributed by atoms with Crippen LogP contribution in [-0.4, -0.2) is 154 Å². The van der Waals surface area contributed by atoms with Crippen molar-refractivity contribution in [2.75, 3.05) is 47.3 Å². The topological polar surface area (TPSA) is 194 Å². The van der Waals surface area contributed by atoms with Crippen LogP contribution < -0.4 is 0 Å². The third-order valence-corrected chi connectivity index (χ3v) is 17.1. The number of piperidine rings is 1. The van der Waals surface area contributed by atoms with Crippen LogP contribution in [0.2, 0.25) is 19.6 Å². The third kappa shape index (κ3) is 15.5. The van der Waals surface area contributed by atoms with Crippen molar-refractivity contribution in [2.45, 2.75) is 186 Å². The second kappa shape index (κ2) is 27.0. The molecule has 4 heterocycles. The van der Waals surface area contributed by atoms with Gasteiger partial charge in [-0.3, -0.25) is 19.2 Å². The molecule has 1 unspecified atom stereocenters. The highest BCUT2D eigenvalue weighted by atomic mass is 28.3. The van der Waals surface area contributed by atoms with Crippen molar-refractivity contribution in [3.63, 3.8) is 0 Å². The van der Waals surface area contributed by atoms with Gasteiger partial charge in [0.2, 0.25) is 5.79 Å². The Bertz CT molecular complexity index is 1980. The van der Waals surface area contributed by atoms with Gasteiger partial charge in [0.05, 0.1) is 45.7 Å². The van der Waals surface area contributed by atoms with Gasteiger partial charge in [-0.2, -0.15) is 0 Å². The van der Waals surface area contributed by atoms with Gasteiger partial charge in [0.1, 0.15) is 30.1 Å². The molecule has 0 spiro atoms. The summed E-state index contributed by atoms with van der Waals surface area (Å²) in [4.78, 5) is 72.9. The number of esters is 1. The van der Waals surface area contributed by atoms with Crippen molar-refractivity contribution in [2.24, 2.45) is 41.4 Å². The molecule has 16 atom stereocenters. The van der Waals surface area contributed by atoms with Gasteiger partial charge in [-0.25, -0.2) is 4.79 Å². The smallest absolute Gasteiger partial charge is 0.329 e. The molecular formula is C56H89NO14Si. The van der Waals surface area contributed by atoms with E-state index in [2.05, 4.69) is 19.6 Å². The SMILES string of the molecule is CO[C@H]1C[C@@H]2CC[C@@H](C)[C@@](O)(O2)C(=O)C(=O)N2CCCC3[C@H]2C(=O)O[C@@H](CC(=O)[C@H](C)/C=C(\C)[C@@H](O)[C@@H](OC)C(=O)[C@H](C)C[C@H](C)/C=C/C=C/C=C/1C)[C@H]3C[C@@H]1CC[C@@H](OCCOC[Si](C)(C)C)[C@H](OC)C1. The highest BCUT2D eigenvalue weighted by Gasteiger charge is 2.57. The number of aliphatic hydroxyl groups excluding tert-OH is 1. The van der Waals surface area contributed by atoms with Gasteiger partial charge in [-0.15, -0.1) is 0 Å². The second-order valence-electron chi connectivity index (χ2n) is 23.0. The molecule has 4 fully saturated rings. The molecule has 2 N–H and O–H groups in total. The Labute approximate surface area is 430 Å². The van der Waals surface area contributed by atoms with E-state index in [9.17, 15) is 34.2 Å². The molecule has 0 aromatic rings. The molecule has 1 saturated carbocycles. The van der Waals surface area contributed by atoms with E-state index in [4.69, 9.17) is 33.2 Å². The van der Waals surface area contributed by atoms with Crippen LogP contribution in [0.4, 0.5) is 0 Å². The van der Waals surface area contributed by atoms with E-state index < -0.39 is 91.8 Å². The summed E-state index contributed by atoms with van der Waals surface area (Å²) in [7, 11) is 3.31. The fourth-order valence-corrected chi connectivity index (χ4v) is 12.5. The summed E-state index contributed by atoms with van der Waals surface area (Å²) in [6.45, 7) is 18.7. The number of methoxy groups -OCH3 is 3. The molecule has 406 valence electrons. The first-order valence-corrected chi connectivity index (χ1v) is 30.4. The number of ketones is 3. The van der Waals surface area contributed by atoms with E-state index in [1.165, 1.54) is 12.0 Å². The first-order valence-electron chi connectivity index (χ1n) is 26.7. The van der Waals surface area contributed by atoms with Gasteiger partial charge in [0, 0.05) is 70.6 Å². The van der Waals surface area contributed by atoms with Gasteiger partial charge < -0.3 is 48.3 Å². The average molecular weight is 1030 g/mol. The lowest BCUT2D eigenvalue weighted by atomic mass is 9.68. The van der Waals surface area contributed by atoms with Gasteiger partial charge in [0.15, 0.2) is 5.78 Å². The van der Waals surface area contributed by atoms with Crippen molar-refractivity contribution >= 4 is 37.3 Å². The molecule has 1 amide bonds. The maximum Gasteiger partial charge on any atom is 0.329 e. The number of aliphatic hydroxyl groups is 2. The number of allylic oxidation sites excluding steroid dienone is 6. The molecule has 0 aromatic carbocycles. The second-order valence-corrected chi connectivity index (χ2v) is 28.4. The number of hydrogen-bond donors (Lipinski definition) is 2. The predicted octanol–water partition coefficient (Wildman–Crippen LogP) is 7.32. The Balaban J connectivity index is 1.47. The lowest BCUT2D eigenvalue weighted by Crippen LogP contribution is -2.65. The largest absolute Gasteiger partial charge is 0.460 e. The van der Waals surface area contributed by atoms with Crippen LogP contribution in [0, 0.1) is 41.4 Å². The highest BCUT2D eigenvalue weighted by molar-refractivity contribution is 6.76. The van der Waals surface area contributed by atoms with Crippen molar-refractivity contribution in [3.05, 3.63) is 47.6 Å². The van der Waals surface area contributed by atoms with Gasteiger partial charge in [0.25, 0.3) is 11.7 Å². The minimum atomic E-state index is -2.43. The monoisotopic (exact) mass is 1030 g/mol. The van der Waals surface area contributed by atoms with Crippen LogP contribution in [0.15, 0.2) is 47.6 Å². The number of nitrogens with zero attached hydrogens (tertiary/aromatic N) is 1. The molecule has 3 saturated heterocycles. The van der Waals surface area contributed by atoms with Crippen molar-refractivity contribution < 1.29 is 67.3 Å². The van der Waals surface area contributed by atoms with E-state index in [1.54, 1.807) is 41.1 Å². The first kappa shape index (κ1) is 59.7. The summed E-state index contributed by atoms with van der Waals surface area (Å²) in [6.07, 6.45) is 12.8. The lowest BCUT2D eigenvalue weighted by molar-refractivity contribution is -0.266. The molecule has 15 nitrogen and oxygen atoms in total. The number of rotatable bonds is 11. The molecule has 5 rings (SSSR count). The van der Waals surface area contributed by atoms with Crippen molar-refractivity contribution in [3.8, 4) is 0 Å². The molecule has 0 radical (unpaired) electrons. The third-order valence-electron chi connectivity index (χ3n) is 16.0. The zero-order valence-electron chi connectivity index (χ0n) is 45.5. The van der Waals surface area contributed by atoms with Crippen molar-refractivity contribution in [1.82, 2.24) is 4.90 Å². The highest BCUT2D eigenvalue weighted by Crippen LogP contribution is 2.45. The van der Waals surface area contributed by atoms with Gasteiger partial charge >= 0.3 is 5.97 Å². The van der Waals surface area contributed by atoms with E-state index in [1.807, 2.05) is 51.2 Å². The molecule has 6 bridgehead atoms.